The van der Waals surface area contributed by atoms with Crippen molar-refractivity contribution in [1.82, 2.24) is 4.31 Å². The van der Waals surface area contributed by atoms with Crippen LogP contribution in [0.2, 0.25) is 0 Å². The first kappa shape index (κ1) is 21.4. The number of rotatable bonds is 8. The number of benzene rings is 2. The molecule has 1 amide bonds. The van der Waals surface area contributed by atoms with Gasteiger partial charge in [0.05, 0.1) is 18.0 Å². The summed E-state index contributed by atoms with van der Waals surface area (Å²) in [5.74, 6) is 0.244. The molecule has 146 valence electrons. The van der Waals surface area contributed by atoms with Gasteiger partial charge in [-0.1, -0.05) is 28.9 Å². The number of nitrogens with one attached hydrogen (secondary N) is 1. The number of ether oxygens (including phenoxy) is 1. The first-order valence-electron chi connectivity index (χ1n) is 8.57. The van der Waals surface area contributed by atoms with Crippen molar-refractivity contribution in [2.45, 2.75) is 25.7 Å². The molecule has 0 atom stereocenters. The summed E-state index contributed by atoms with van der Waals surface area (Å²) in [6.07, 6.45) is 0. The summed E-state index contributed by atoms with van der Waals surface area (Å²) in [4.78, 5) is 12.5. The number of anilines is 1. The Kier molecular flexibility index (Phi) is 7.41. The summed E-state index contributed by atoms with van der Waals surface area (Å²) in [5, 5.41) is 2.71. The molecule has 27 heavy (non-hydrogen) atoms. The highest BCUT2D eigenvalue weighted by molar-refractivity contribution is 9.10. The van der Waals surface area contributed by atoms with Gasteiger partial charge in [0.1, 0.15) is 5.75 Å². The van der Waals surface area contributed by atoms with Crippen molar-refractivity contribution in [1.29, 1.82) is 0 Å². The molecule has 0 aromatic heterocycles. The minimum Gasteiger partial charge on any atom is -0.494 e. The lowest BCUT2D eigenvalue weighted by molar-refractivity contribution is -0.116. The fourth-order valence-corrected chi connectivity index (χ4v) is 4.43. The van der Waals surface area contributed by atoms with Gasteiger partial charge in [0.2, 0.25) is 15.9 Å². The lowest BCUT2D eigenvalue weighted by Crippen LogP contribution is -2.37. The summed E-state index contributed by atoms with van der Waals surface area (Å²) >= 11 is 3.33. The second-order valence-electron chi connectivity index (χ2n) is 5.85. The fourth-order valence-electron chi connectivity index (χ4n) is 2.54. The van der Waals surface area contributed by atoms with E-state index in [-0.39, 0.29) is 18.0 Å². The number of aryl methyl sites for hydroxylation is 1. The number of sulfonamides is 1. The molecule has 0 radical (unpaired) electrons. The zero-order chi connectivity index (χ0) is 20.0. The highest BCUT2D eigenvalue weighted by Crippen LogP contribution is 2.24. The van der Waals surface area contributed by atoms with Crippen LogP contribution in [-0.2, 0) is 14.8 Å². The van der Waals surface area contributed by atoms with Crippen molar-refractivity contribution in [3.05, 3.63) is 52.5 Å². The maximum Gasteiger partial charge on any atom is 0.243 e. The van der Waals surface area contributed by atoms with Gasteiger partial charge in [-0.3, -0.25) is 4.79 Å². The smallest absolute Gasteiger partial charge is 0.243 e. The second-order valence-corrected chi connectivity index (χ2v) is 8.70. The van der Waals surface area contributed by atoms with E-state index in [1.165, 1.54) is 6.07 Å². The molecule has 6 nitrogen and oxygen atoms in total. The molecule has 0 unspecified atom stereocenters. The quantitative estimate of drug-likeness (QED) is 0.657. The van der Waals surface area contributed by atoms with Crippen molar-refractivity contribution in [3.63, 3.8) is 0 Å². The van der Waals surface area contributed by atoms with E-state index in [0.29, 0.717) is 18.0 Å². The van der Waals surface area contributed by atoms with Crippen LogP contribution in [0.15, 0.2) is 51.8 Å². The summed E-state index contributed by atoms with van der Waals surface area (Å²) in [7, 11) is -3.79. The number of carbonyl (C=O) groups excluding carboxylic acids is 1. The van der Waals surface area contributed by atoms with Crippen LogP contribution in [0, 0.1) is 6.92 Å². The lowest BCUT2D eigenvalue weighted by atomic mass is 10.2. The third-order valence-electron chi connectivity index (χ3n) is 3.87. The third kappa shape index (κ3) is 5.54. The first-order chi connectivity index (χ1) is 12.8. The number of halogens is 1. The van der Waals surface area contributed by atoms with E-state index in [0.717, 1.165) is 14.3 Å². The molecule has 0 saturated heterocycles. The normalized spacial score (nSPS) is 11.4. The molecule has 0 saturated carbocycles. The molecule has 0 aliphatic rings. The minimum absolute atomic E-state index is 0.139. The van der Waals surface area contributed by atoms with Gasteiger partial charge in [0, 0.05) is 16.7 Å². The standard InChI is InChI=1S/C19H23BrN2O4S/c1-4-22(13-19(23)21-16-8-6-7-15(20)12-16)27(24,25)17-9-10-18(26-5-2)14(3)11-17/h6-12H,4-5,13H2,1-3H3,(H,21,23). The Balaban J connectivity index is 2.17. The van der Waals surface area contributed by atoms with Crippen LogP contribution in [-0.4, -0.2) is 38.3 Å². The monoisotopic (exact) mass is 454 g/mol. The van der Waals surface area contributed by atoms with Crippen LogP contribution in [0.4, 0.5) is 5.69 Å². The van der Waals surface area contributed by atoms with Gasteiger partial charge in [-0.05, 0) is 55.8 Å². The van der Waals surface area contributed by atoms with Crippen LogP contribution >= 0.6 is 15.9 Å². The van der Waals surface area contributed by atoms with E-state index < -0.39 is 15.9 Å². The zero-order valence-electron chi connectivity index (χ0n) is 15.5. The third-order valence-corrected chi connectivity index (χ3v) is 6.28. The molecule has 1 N–H and O–H groups in total. The van der Waals surface area contributed by atoms with E-state index in [1.807, 2.05) is 13.0 Å². The minimum atomic E-state index is -3.79. The van der Waals surface area contributed by atoms with Crippen molar-refractivity contribution < 1.29 is 17.9 Å². The van der Waals surface area contributed by atoms with Gasteiger partial charge < -0.3 is 10.1 Å². The molecule has 8 heteroatoms. The summed E-state index contributed by atoms with van der Waals surface area (Å²) < 4.78 is 33.3. The number of amides is 1. The van der Waals surface area contributed by atoms with Crippen molar-refractivity contribution in [2.24, 2.45) is 0 Å². The Morgan fingerprint density at radius 2 is 1.93 bits per heavy atom. The van der Waals surface area contributed by atoms with Gasteiger partial charge in [-0.15, -0.1) is 0 Å². The number of hydrogen-bond acceptors (Lipinski definition) is 4. The Bertz CT molecular complexity index is 916. The number of hydrogen-bond donors (Lipinski definition) is 1. The van der Waals surface area contributed by atoms with Crippen molar-refractivity contribution >= 4 is 37.5 Å². The van der Waals surface area contributed by atoms with Crippen LogP contribution < -0.4 is 10.1 Å². The second kappa shape index (κ2) is 9.34. The van der Waals surface area contributed by atoms with Gasteiger partial charge in [0.15, 0.2) is 0 Å². The number of likely N-dealkylation sites (N-methyl/N-ethyl adjacent to an activating group) is 1. The Labute approximate surface area is 168 Å². The summed E-state index contributed by atoms with van der Waals surface area (Å²) in [6, 6.07) is 11.8. The molecule has 0 aliphatic carbocycles. The van der Waals surface area contributed by atoms with Crippen LogP contribution in [0.3, 0.4) is 0 Å². The molecule has 0 spiro atoms. The van der Waals surface area contributed by atoms with Gasteiger partial charge in [-0.25, -0.2) is 8.42 Å². The fraction of sp³-hybridized carbons (Fsp3) is 0.316. The van der Waals surface area contributed by atoms with E-state index in [4.69, 9.17) is 4.74 Å². The maximum atomic E-state index is 12.9. The van der Waals surface area contributed by atoms with Gasteiger partial charge in [0.25, 0.3) is 0 Å². The SMILES string of the molecule is CCOc1ccc(S(=O)(=O)N(CC)CC(=O)Nc2cccc(Br)c2)cc1C. The number of carbonyl (C=O) groups is 1. The van der Waals surface area contributed by atoms with Crippen LogP contribution in [0.1, 0.15) is 19.4 Å². The van der Waals surface area contributed by atoms with Gasteiger partial charge >= 0.3 is 0 Å². The zero-order valence-corrected chi connectivity index (χ0v) is 17.9. The molecular weight excluding hydrogens is 432 g/mol. The average molecular weight is 455 g/mol. The summed E-state index contributed by atoms with van der Waals surface area (Å²) in [5.41, 5.74) is 1.33. The van der Waals surface area contributed by atoms with Crippen molar-refractivity contribution in [2.75, 3.05) is 25.0 Å². The number of nitrogens with zero attached hydrogens (tertiary/aromatic N) is 1. The summed E-state index contributed by atoms with van der Waals surface area (Å²) in [6.45, 7) is 5.78. The van der Waals surface area contributed by atoms with E-state index >= 15 is 0 Å². The Hall–Kier alpha value is -1.90. The molecule has 2 aromatic rings. The topological polar surface area (TPSA) is 75.7 Å². The predicted octanol–water partition coefficient (Wildman–Crippen LogP) is 3.81. The molecule has 0 bridgehead atoms. The molecular formula is C19H23BrN2O4S. The average Bonchev–Trinajstić information content (AvgIpc) is 2.61. The molecule has 0 fully saturated rings. The predicted molar refractivity (Wildman–Crippen MR) is 110 cm³/mol. The Morgan fingerprint density at radius 3 is 2.52 bits per heavy atom. The first-order valence-corrected chi connectivity index (χ1v) is 10.8. The molecule has 2 aromatic carbocycles. The van der Waals surface area contributed by atoms with Gasteiger partial charge in [-0.2, -0.15) is 4.31 Å². The molecule has 0 aliphatic heterocycles. The van der Waals surface area contributed by atoms with Crippen LogP contribution in [0.5, 0.6) is 5.75 Å². The largest absolute Gasteiger partial charge is 0.494 e. The maximum absolute atomic E-state index is 12.9. The Morgan fingerprint density at radius 1 is 1.19 bits per heavy atom. The van der Waals surface area contributed by atoms with E-state index in [9.17, 15) is 13.2 Å². The van der Waals surface area contributed by atoms with Crippen molar-refractivity contribution in [3.8, 4) is 5.75 Å². The van der Waals surface area contributed by atoms with E-state index in [2.05, 4.69) is 21.2 Å². The van der Waals surface area contributed by atoms with E-state index in [1.54, 1.807) is 44.2 Å². The van der Waals surface area contributed by atoms with Crippen LogP contribution in [0.25, 0.3) is 0 Å². The highest BCUT2D eigenvalue weighted by atomic mass is 79.9. The lowest BCUT2D eigenvalue weighted by Gasteiger charge is -2.21. The molecule has 2 rings (SSSR count). The molecule has 0 heterocycles. The highest BCUT2D eigenvalue weighted by Gasteiger charge is 2.26.